The molecule has 2 aromatic heterocycles. The summed E-state index contributed by atoms with van der Waals surface area (Å²) in [6.07, 6.45) is 1.56. The maximum Gasteiger partial charge on any atom is 0.387 e. The van der Waals surface area contributed by atoms with Crippen molar-refractivity contribution in [1.29, 1.82) is 0 Å². The molecule has 0 aliphatic carbocycles. The number of benzene rings is 1. The Kier molecular flexibility index (Phi) is 5.30. The summed E-state index contributed by atoms with van der Waals surface area (Å²) in [7, 11) is 1.36. The van der Waals surface area contributed by atoms with Crippen LogP contribution in [0.4, 0.5) is 8.78 Å². The Balaban J connectivity index is 1.84. The van der Waals surface area contributed by atoms with Gasteiger partial charge in [-0.1, -0.05) is 22.8 Å². The first-order chi connectivity index (χ1) is 12.1. The number of hydrogen-bond donors (Lipinski definition) is 0. The van der Waals surface area contributed by atoms with Gasteiger partial charge in [-0.15, -0.1) is 0 Å². The van der Waals surface area contributed by atoms with Crippen LogP contribution in [-0.2, 0) is 0 Å². The van der Waals surface area contributed by atoms with Crippen LogP contribution in [0.5, 0.6) is 11.5 Å². The number of halogens is 3. The molecule has 3 aromatic rings. The molecular weight excluding hydrogens is 374 g/mol. The number of alkyl halides is 2. The number of ether oxygens (including phenoxy) is 2. The zero-order valence-corrected chi connectivity index (χ0v) is 14.4. The average Bonchev–Trinajstić information content (AvgIpc) is 3.26. The highest BCUT2D eigenvalue weighted by Gasteiger charge is 2.14. The van der Waals surface area contributed by atoms with Gasteiger partial charge in [0.15, 0.2) is 11.5 Å². The molecule has 0 N–H and O–H groups in total. The van der Waals surface area contributed by atoms with Crippen LogP contribution >= 0.6 is 22.9 Å². The number of aromatic nitrogens is 2. The van der Waals surface area contributed by atoms with E-state index in [1.807, 2.05) is 16.8 Å². The first-order valence-corrected chi connectivity index (χ1v) is 8.25. The van der Waals surface area contributed by atoms with Crippen molar-refractivity contribution in [3.8, 4) is 22.9 Å². The summed E-state index contributed by atoms with van der Waals surface area (Å²) in [6.45, 7) is -2.94. The van der Waals surface area contributed by atoms with Gasteiger partial charge in [0.05, 0.1) is 7.11 Å². The molecule has 130 valence electrons. The maximum atomic E-state index is 12.4. The SMILES string of the molecule is COc1cc(/C=C(\Cl)c2nc(-c3ccsc3)no2)ccc1OC(F)F. The van der Waals surface area contributed by atoms with Crippen molar-refractivity contribution in [2.45, 2.75) is 6.61 Å². The van der Waals surface area contributed by atoms with Gasteiger partial charge in [-0.25, -0.2) is 0 Å². The second kappa shape index (κ2) is 7.62. The van der Waals surface area contributed by atoms with Crippen molar-refractivity contribution in [2.75, 3.05) is 7.11 Å². The van der Waals surface area contributed by atoms with Gasteiger partial charge in [0.1, 0.15) is 5.03 Å². The highest BCUT2D eigenvalue weighted by Crippen LogP contribution is 2.32. The zero-order chi connectivity index (χ0) is 17.8. The van der Waals surface area contributed by atoms with Crippen molar-refractivity contribution in [1.82, 2.24) is 10.1 Å². The highest BCUT2D eigenvalue weighted by molar-refractivity contribution is 7.08. The summed E-state index contributed by atoms with van der Waals surface area (Å²) in [5.74, 6) is 0.669. The van der Waals surface area contributed by atoms with Crippen LogP contribution in [-0.4, -0.2) is 23.9 Å². The second-order valence-corrected chi connectivity index (χ2v) is 5.90. The Labute approximate surface area is 150 Å². The molecule has 0 bridgehead atoms. The van der Waals surface area contributed by atoms with Gasteiger partial charge in [0, 0.05) is 10.9 Å². The molecule has 0 radical (unpaired) electrons. The van der Waals surface area contributed by atoms with Gasteiger partial charge < -0.3 is 14.0 Å². The van der Waals surface area contributed by atoms with Crippen LogP contribution < -0.4 is 9.47 Å². The second-order valence-electron chi connectivity index (χ2n) is 4.72. The molecule has 3 rings (SSSR count). The predicted octanol–water partition coefficient (Wildman–Crippen LogP) is 5.15. The predicted molar refractivity (Wildman–Crippen MR) is 91.0 cm³/mol. The Bertz CT molecular complexity index is 881. The third-order valence-electron chi connectivity index (χ3n) is 3.11. The minimum absolute atomic E-state index is 0.0664. The van der Waals surface area contributed by atoms with Crippen molar-refractivity contribution in [2.24, 2.45) is 0 Å². The lowest BCUT2D eigenvalue weighted by Gasteiger charge is -2.10. The topological polar surface area (TPSA) is 57.4 Å². The maximum absolute atomic E-state index is 12.4. The minimum atomic E-state index is -2.94. The third kappa shape index (κ3) is 4.15. The van der Waals surface area contributed by atoms with E-state index >= 15 is 0 Å². The smallest absolute Gasteiger partial charge is 0.387 e. The van der Waals surface area contributed by atoms with Crippen LogP contribution in [0.25, 0.3) is 22.5 Å². The molecule has 25 heavy (non-hydrogen) atoms. The summed E-state index contributed by atoms with van der Waals surface area (Å²) in [5.41, 5.74) is 1.43. The van der Waals surface area contributed by atoms with E-state index < -0.39 is 6.61 Å². The highest BCUT2D eigenvalue weighted by atomic mass is 35.5. The summed E-state index contributed by atoms with van der Waals surface area (Å²) in [5, 5.41) is 7.86. The van der Waals surface area contributed by atoms with Gasteiger partial charge in [-0.05, 0) is 35.2 Å². The molecule has 0 aliphatic heterocycles. The Hall–Kier alpha value is -2.45. The fraction of sp³-hybridized carbons (Fsp3) is 0.125. The standard InChI is InChI=1S/C16H11ClF2N2O3S/c1-22-13-7-9(2-3-12(13)23-16(18)19)6-11(17)15-20-14(21-24-15)10-4-5-25-8-10/h2-8,16H,1H3/b11-6-. The van der Waals surface area contributed by atoms with E-state index in [1.165, 1.54) is 30.6 Å². The number of rotatable bonds is 6. The van der Waals surface area contributed by atoms with E-state index in [2.05, 4.69) is 14.9 Å². The Morgan fingerprint density at radius 1 is 1.32 bits per heavy atom. The summed E-state index contributed by atoms with van der Waals surface area (Å²) >= 11 is 7.73. The molecule has 1 aromatic carbocycles. The number of methoxy groups -OCH3 is 1. The molecule has 0 amide bonds. The van der Waals surface area contributed by atoms with Gasteiger partial charge in [0.2, 0.25) is 5.82 Å². The van der Waals surface area contributed by atoms with E-state index in [9.17, 15) is 8.78 Å². The number of thiophene rings is 1. The van der Waals surface area contributed by atoms with E-state index in [1.54, 1.807) is 12.1 Å². The third-order valence-corrected chi connectivity index (χ3v) is 4.06. The largest absolute Gasteiger partial charge is 0.493 e. The quantitative estimate of drug-likeness (QED) is 0.588. The van der Waals surface area contributed by atoms with Crippen molar-refractivity contribution in [3.63, 3.8) is 0 Å². The Morgan fingerprint density at radius 3 is 2.84 bits per heavy atom. The van der Waals surface area contributed by atoms with Crippen LogP contribution in [0.3, 0.4) is 0 Å². The van der Waals surface area contributed by atoms with Crippen LogP contribution in [0.1, 0.15) is 11.5 Å². The first kappa shape index (κ1) is 17.4. The van der Waals surface area contributed by atoms with Crippen LogP contribution in [0, 0.1) is 0 Å². The van der Waals surface area contributed by atoms with Gasteiger partial charge >= 0.3 is 6.61 Å². The van der Waals surface area contributed by atoms with Crippen LogP contribution in [0.15, 0.2) is 39.5 Å². The average molecular weight is 385 g/mol. The zero-order valence-electron chi connectivity index (χ0n) is 12.8. The van der Waals surface area contributed by atoms with Crippen molar-refractivity contribution < 1.29 is 22.8 Å². The van der Waals surface area contributed by atoms with Crippen LogP contribution in [0.2, 0.25) is 0 Å². The van der Waals surface area contributed by atoms with Gasteiger partial charge in [-0.2, -0.15) is 25.1 Å². The van der Waals surface area contributed by atoms with Gasteiger partial charge in [-0.3, -0.25) is 0 Å². The fourth-order valence-corrected chi connectivity index (χ4v) is 2.84. The van der Waals surface area contributed by atoms with E-state index in [0.717, 1.165) is 5.56 Å². The van der Waals surface area contributed by atoms with E-state index in [0.29, 0.717) is 11.4 Å². The van der Waals surface area contributed by atoms with E-state index in [4.69, 9.17) is 20.9 Å². The Morgan fingerprint density at radius 2 is 2.16 bits per heavy atom. The molecule has 0 saturated carbocycles. The molecule has 5 nitrogen and oxygen atoms in total. The van der Waals surface area contributed by atoms with E-state index in [-0.39, 0.29) is 22.4 Å². The molecule has 0 saturated heterocycles. The summed E-state index contributed by atoms with van der Waals surface area (Å²) in [6, 6.07) is 6.30. The first-order valence-electron chi connectivity index (χ1n) is 6.93. The summed E-state index contributed by atoms with van der Waals surface area (Å²) < 4.78 is 39.3. The molecule has 2 heterocycles. The molecule has 0 atom stereocenters. The summed E-state index contributed by atoms with van der Waals surface area (Å²) in [4.78, 5) is 4.22. The fourth-order valence-electron chi connectivity index (χ4n) is 2.00. The molecular formula is C16H11ClF2N2O3S. The number of hydrogen-bond acceptors (Lipinski definition) is 6. The lowest BCUT2D eigenvalue weighted by Crippen LogP contribution is -2.03. The number of nitrogens with zero attached hydrogens (tertiary/aromatic N) is 2. The van der Waals surface area contributed by atoms with Gasteiger partial charge in [0.25, 0.3) is 5.89 Å². The molecule has 0 spiro atoms. The molecule has 0 unspecified atom stereocenters. The molecule has 0 aliphatic rings. The lowest BCUT2D eigenvalue weighted by atomic mass is 10.2. The lowest BCUT2D eigenvalue weighted by molar-refractivity contribution is -0.0512. The normalized spacial score (nSPS) is 11.8. The monoisotopic (exact) mass is 384 g/mol. The van der Waals surface area contributed by atoms with Crippen molar-refractivity contribution >= 4 is 34.0 Å². The molecule has 9 heteroatoms. The van der Waals surface area contributed by atoms with Crippen molar-refractivity contribution in [3.05, 3.63) is 46.5 Å². The minimum Gasteiger partial charge on any atom is -0.493 e. The molecule has 0 fully saturated rings.